The number of nitrogen functional groups attached to an aromatic ring is 1. The normalized spacial score (nSPS) is 10.2. The number of aromatic nitrogens is 3. The number of hydrogen-bond donors (Lipinski definition) is 2. The Morgan fingerprint density at radius 3 is 3.00 bits per heavy atom. The molecule has 7 heteroatoms. The van der Waals surface area contributed by atoms with Gasteiger partial charge in [-0.2, -0.15) is 5.10 Å². The van der Waals surface area contributed by atoms with Gasteiger partial charge in [0.05, 0.1) is 11.9 Å². The smallest absolute Gasteiger partial charge is 0.277 e. The Morgan fingerprint density at radius 2 is 2.47 bits per heavy atom. The van der Waals surface area contributed by atoms with E-state index in [1.54, 1.807) is 7.05 Å². The summed E-state index contributed by atoms with van der Waals surface area (Å²) in [5.74, 6) is -0.0398. The topological polar surface area (TPSA) is 99.0 Å². The number of nitrogens with zero attached hydrogens (tertiary/aromatic N) is 3. The van der Waals surface area contributed by atoms with Crippen molar-refractivity contribution in [2.45, 2.75) is 0 Å². The number of amides is 1. The molecule has 0 aromatic carbocycles. The molecule has 7 nitrogen and oxygen atoms in total. The Morgan fingerprint density at radius 1 is 1.67 bits per heavy atom. The molecule has 0 saturated carbocycles. The fourth-order valence-electron chi connectivity index (χ4n) is 1.19. The molecular formula is C8H9N5O2. The van der Waals surface area contributed by atoms with Gasteiger partial charge in [0.25, 0.3) is 5.91 Å². The third-order valence-corrected chi connectivity index (χ3v) is 1.86. The minimum atomic E-state index is -0.374. The quantitative estimate of drug-likeness (QED) is 0.735. The Labute approximate surface area is 84.8 Å². The Balaban J connectivity index is 2.22. The van der Waals surface area contributed by atoms with Gasteiger partial charge in [0.2, 0.25) is 0 Å². The molecule has 0 fully saturated rings. The lowest BCUT2D eigenvalue weighted by molar-refractivity contribution is 0.101. The largest absolute Gasteiger partial charge is 0.396 e. The van der Waals surface area contributed by atoms with E-state index in [4.69, 9.17) is 5.73 Å². The number of anilines is 2. The molecule has 0 bridgehead atoms. The highest BCUT2D eigenvalue weighted by Gasteiger charge is 2.15. The summed E-state index contributed by atoms with van der Waals surface area (Å²) >= 11 is 0. The summed E-state index contributed by atoms with van der Waals surface area (Å²) in [6, 6.07) is 1.53. The molecule has 0 aliphatic rings. The summed E-state index contributed by atoms with van der Waals surface area (Å²) in [4.78, 5) is 11.7. The van der Waals surface area contributed by atoms with Crippen molar-refractivity contribution in [3.63, 3.8) is 0 Å². The van der Waals surface area contributed by atoms with E-state index in [0.29, 0.717) is 11.5 Å². The van der Waals surface area contributed by atoms with Crippen molar-refractivity contribution >= 4 is 17.4 Å². The summed E-state index contributed by atoms with van der Waals surface area (Å²) in [5, 5.41) is 9.92. The molecule has 0 saturated heterocycles. The zero-order valence-electron chi connectivity index (χ0n) is 7.97. The van der Waals surface area contributed by atoms with Gasteiger partial charge in [-0.15, -0.1) is 0 Å². The summed E-state index contributed by atoms with van der Waals surface area (Å²) in [7, 11) is 1.63. The zero-order chi connectivity index (χ0) is 10.8. The van der Waals surface area contributed by atoms with Gasteiger partial charge in [-0.05, 0) is 0 Å². The van der Waals surface area contributed by atoms with Crippen molar-refractivity contribution in [2.75, 3.05) is 11.1 Å². The van der Waals surface area contributed by atoms with Crippen molar-refractivity contribution in [2.24, 2.45) is 7.05 Å². The van der Waals surface area contributed by atoms with E-state index in [0.717, 1.165) is 0 Å². The molecule has 2 aromatic heterocycles. The van der Waals surface area contributed by atoms with E-state index in [9.17, 15) is 4.79 Å². The van der Waals surface area contributed by atoms with Crippen molar-refractivity contribution in [1.82, 2.24) is 14.9 Å². The third kappa shape index (κ3) is 1.66. The van der Waals surface area contributed by atoms with Crippen LogP contribution >= 0.6 is 0 Å². The van der Waals surface area contributed by atoms with E-state index in [-0.39, 0.29) is 11.6 Å². The molecule has 0 aliphatic carbocycles. The molecular weight excluding hydrogens is 198 g/mol. The monoisotopic (exact) mass is 207 g/mol. The van der Waals surface area contributed by atoms with Crippen LogP contribution in [0.5, 0.6) is 0 Å². The molecule has 15 heavy (non-hydrogen) atoms. The van der Waals surface area contributed by atoms with Crippen LogP contribution in [0.25, 0.3) is 0 Å². The average Bonchev–Trinajstić information content (AvgIpc) is 2.77. The van der Waals surface area contributed by atoms with E-state index < -0.39 is 0 Å². The maximum Gasteiger partial charge on any atom is 0.277 e. The Kier molecular flexibility index (Phi) is 2.13. The molecule has 0 unspecified atom stereocenters. The molecule has 0 spiro atoms. The van der Waals surface area contributed by atoms with E-state index in [1.165, 1.54) is 23.2 Å². The average molecular weight is 207 g/mol. The van der Waals surface area contributed by atoms with E-state index in [1.807, 2.05) is 0 Å². The van der Waals surface area contributed by atoms with Gasteiger partial charge in [-0.25, -0.2) is 0 Å². The van der Waals surface area contributed by atoms with Crippen molar-refractivity contribution < 1.29 is 9.32 Å². The second kappa shape index (κ2) is 3.45. The maximum atomic E-state index is 11.7. The van der Waals surface area contributed by atoms with Gasteiger partial charge in [0.1, 0.15) is 12.0 Å². The highest BCUT2D eigenvalue weighted by atomic mass is 16.5. The van der Waals surface area contributed by atoms with Crippen LogP contribution in [-0.2, 0) is 7.05 Å². The predicted octanol–water partition coefficient (Wildman–Crippen LogP) is 0.243. The molecule has 1 amide bonds. The van der Waals surface area contributed by atoms with Gasteiger partial charge in [0, 0.05) is 13.1 Å². The lowest BCUT2D eigenvalue weighted by Crippen LogP contribution is -2.17. The molecule has 0 radical (unpaired) electrons. The number of carbonyl (C=O) groups excluding carboxylic acids is 1. The lowest BCUT2D eigenvalue weighted by Gasteiger charge is -2.02. The Hall–Kier alpha value is -2.31. The first kappa shape index (κ1) is 9.25. The maximum absolute atomic E-state index is 11.7. The first-order chi connectivity index (χ1) is 7.18. The molecule has 2 aromatic rings. The number of carbonyl (C=O) groups is 1. The Bertz CT molecular complexity index is 454. The van der Waals surface area contributed by atoms with Crippen LogP contribution in [0, 0.1) is 0 Å². The molecule has 3 N–H and O–H groups in total. The standard InChI is InChI=1S/C8H9N5O2/c1-13-7(5(9)4-10-13)8(14)11-6-2-3-15-12-6/h2-4H,9H2,1H3,(H,11,12,14). The van der Waals surface area contributed by atoms with Crippen molar-refractivity contribution in [3.05, 3.63) is 24.2 Å². The third-order valence-electron chi connectivity index (χ3n) is 1.86. The second-order valence-electron chi connectivity index (χ2n) is 2.91. The van der Waals surface area contributed by atoms with Crippen LogP contribution in [0.15, 0.2) is 23.0 Å². The fourth-order valence-corrected chi connectivity index (χ4v) is 1.19. The number of aryl methyl sites for hydroxylation is 1. The predicted molar refractivity (Wildman–Crippen MR) is 52.1 cm³/mol. The minimum Gasteiger partial charge on any atom is -0.396 e. The number of rotatable bonds is 2. The van der Waals surface area contributed by atoms with Crippen LogP contribution in [0.3, 0.4) is 0 Å². The van der Waals surface area contributed by atoms with E-state index in [2.05, 4.69) is 20.1 Å². The van der Waals surface area contributed by atoms with Gasteiger partial charge in [0.15, 0.2) is 5.82 Å². The number of nitrogens with one attached hydrogen (secondary N) is 1. The van der Waals surface area contributed by atoms with Crippen LogP contribution in [-0.4, -0.2) is 20.8 Å². The molecule has 2 rings (SSSR count). The molecule has 0 atom stereocenters. The first-order valence-electron chi connectivity index (χ1n) is 4.17. The van der Waals surface area contributed by atoms with Crippen LogP contribution < -0.4 is 11.1 Å². The minimum absolute atomic E-state index is 0.290. The van der Waals surface area contributed by atoms with Crippen LogP contribution in [0.1, 0.15) is 10.5 Å². The lowest BCUT2D eigenvalue weighted by atomic mass is 10.3. The SMILES string of the molecule is Cn1ncc(N)c1C(=O)Nc1ccon1. The zero-order valence-corrected chi connectivity index (χ0v) is 7.97. The first-order valence-corrected chi connectivity index (χ1v) is 4.17. The second-order valence-corrected chi connectivity index (χ2v) is 2.91. The highest BCUT2D eigenvalue weighted by molar-refractivity contribution is 6.05. The molecule has 78 valence electrons. The van der Waals surface area contributed by atoms with Gasteiger partial charge in [-0.3, -0.25) is 9.48 Å². The summed E-state index contributed by atoms with van der Waals surface area (Å²) < 4.78 is 5.97. The highest BCUT2D eigenvalue weighted by Crippen LogP contribution is 2.11. The van der Waals surface area contributed by atoms with Gasteiger partial charge >= 0.3 is 0 Å². The number of nitrogens with two attached hydrogens (primary N) is 1. The number of hydrogen-bond acceptors (Lipinski definition) is 5. The van der Waals surface area contributed by atoms with Crippen LogP contribution in [0.2, 0.25) is 0 Å². The van der Waals surface area contributed by atoms with Gasteiger partial charge in [-0.1, -0.05) is 5.16 Å². The fraction of sp³-hybridized carbons (Fsp3) is 0.125. The summed E-state index contributed by atoms with van der Waals surface area (Å²) in [6.07, 6.45) is 2.78. The summed E-state index contributed by atoms with van der Waals surface area (Å²) in [6.45, 7) is 0. The van der Waals surface area contributed by atoms with Gasteiger partial charge < -0.3 is 15.6 Å². The summed E-state index contributed by atoms with van der Waals surface area (Å²) in [5.41, 5.74) is 6.19. The molecule has 2 heterocycles. The molecule has 0 aliphatic heterocycles. The van der Waals surface area contributed by atoms with Crippen molar-refractivity contribution in [3.8, 4) is 0 Å². The van der Waals surface area contributed by atoms with Crippen molar-refractivity contribution in [1.29, 1.82) is 0 Å². The van der Waals surface area contributed by atoms with E-state index >= 15 is 0 Å². The van der Waals surface area contributed by atoms with Crippen LogP contribution in [0.4, 0.5) is 11.5 Å².